The summed E-state index contributed by atoms with van der Waals surface area (Å²) < 4.78 is 1.05. The largest absolute Gasteiger partial charge is 0.508 e. The number of nitrogens with one attached hydrogen (secondary N) is 1. The van der Waals surface area contributed by atoms with Crippen LogP contribution in [-0.2, 0) is 29.1 Å². The Kier molecular flexibility index (Phi) is 8.26. The van der Waals surface area contributed by atoms with Crippen LogP contribution in [0.25, 0.3) is 10.2 Å². The van der Waals surface area contributed by atoms with Gasteiger partial charge in [-0.05, 0) is 41.3 Å². The molecule has 0 unspecified atom stereocenters. The summed E-state index contributed by atoms with van der Waals surface area (Å²) in [5, 5.41) is 16.3. The monoisotopic (exact) mass is 598 g/mol. The number of hydrazine groups is 1. The van der Waals surface area contributed by atoms with Crippen molar-refractivity contribution >= 4 is 39.4 Å². The number of hydrogen-bond donors (Lipinski definition) is 2. The molecular formula is C32H34N6O4S. The Morgan fingerprint density at radius 2 is 1.84 bits per heavy atom. The number of urea groups is 1. The Morgan fingerprint density at radius 1 is 1.05 bits per heavy atom. The summed E-state index contributed by atoms with van der Waals surface area (Å²) in [5.74, 6) is -0.211. The van der Waals surface area contributed by atoms with E-state index in [9.17, 15) is 19.5 Å². The number of nitrogens with zero attached hydrogens (tertiary/aromatic N) is 5. The topological polar surface area (TPSA) is 109 Å². The van der Waals surface area contributed by atoms with E-state index in [2.05, 4.69) is 10.3 Å². The summed E-state index contributed by atoms with van der Waals surface area (Å²) in [5.41, 5.74) is 5.41. The molecule has 11 heteroatoms. The van der Waals surface area contributed by atoms with Gasteiger partial charge in [0.2, 0.25) is 11.8 Å². The molecule has 0 aliphatic carbocycles. The Morgan fingerprint density at radius 3 is 2.60 bits per heavy atom. The lowest BCUT2D eigenvalue weighted by atomic mass is 9.99. The quantitative estimate of drug-likeness (QED) is 0.302. The highest BCUT2D eigenvalue weighted by molar-refractivity contribution is 7.16. The number of benzene rings is 3. The van der Waals surface area contributed by atoms with Gasteiger partial charge in [-0.25, -0.2) is 9.78 Å². The molecule has 0 bridgehead atoms. The number of carbonyl (C=O) groups excluding carboxylic acids is 3. The van der Waals surface area contributed by atoms with Gasteiger partial charge in [0.1, 0.15) is 18.0 Å². The number of amides is 4. The molecule has 4 aromatic rings. The van der Waals surface area contributed by atoms with Crippen LogP contribution in [0, 0.1) is 0 Å². The average Bonchev–Trinajstić information content (AvgIpc) is 3.63. The lowest BCUT2D eigenvalue weighted by Crippen LogP contribution is -2.66. The van der Waals surface area contributed by atoms with Crippen LogP contribution in [0.5, 0.6) is 5.75 Å². The second kappa shape index (κ2) is 12.4. The summed E-state index contributed by atoms with van der Waals surface area (Å²) in [7, 11) is 0. The highest BCUT2D eigenvalue weighted by atomic mass is 32.1. The first-order chi connectivity index (χ1) is 20.9. The van der Waals surface area contributed by atoms with E-state index in [1.807, 2.05) is 60.5 Å². The highest BCUT2D eigenvalue weighted by Gasteiger charge is 2.52. The van der Waals surface area contributed by atoms with Crippen LogP contribution < -0.4 is 5.32 Å². The smallest absolute Gasteiger partial charge is 0.332 e. The molecule has 1 aromatic heterocycles. The van der Waals surface area contributed by atoms with E-state index in [0.29, 0.717) is 32.5 Å². The molecule has 2 aliphatic heterocycles. The average molecular weight is 599 g/mol. The number of fused-ring (bicyclic) bond motifs is 2. The molecule has 2 aliphatic rings. The van der Waals surface area contributed by atoms with E-state index < -0.39 is 12.2 Å². The zero-order valence-electron chi connectivity index (χ0n) is 23.9. The third-order valence-corrected chi connectivity index (χ3v) is 8.80. The summed E-state index contributed by atoms with van der Waals surface area (Å²) in [4.78, 5) is 49.3. The molecule has 2 saturated heterocycles. The van der Waals surface area contributed by atoms with Crippen LogP contribution in [0.4, 0.5) is 4.79 Å². The van der Waals surface area contributed by atoms with Crippen molar-refractivity contribution in [3.63, 3.8) is 0 Å². The molecule has 3 aromatic carbocycles. The van der Waals surface area contributed by atoms with Crippen LogP contribution in [-0.4, -0.2) is 79.6 Å². The first-order valence-corrected chi connectivity index (χ1v) is 15.4. The van der Waals surface area contributed by atoms with Crippen molar-refractivity contribution in [1.29, 1.82) is 0 Å². The van der Waals surface area contributed by atoms with Gasteiger partial charge in [0.15, 0.2) is 0 Å². The maximum Gasteiger partial charge on any atom is 0.332 e. The third-order valence-electron chi connectivity index (χ3n) is 8.00. The summed E-state index contributed by atoms with van der Waals surface area (Å²) in [6.45, 7) is 3.37. The fourth-order valence-corrected chi connectivity index (χ4v) is 6.67. The molecule has 3 heterocycles. The van der Waals surface area contributed by atoms with Crippen LogP contribution in [0.1, 0.15) is 30.0 Å². The van der Waals surface area contributed by atoms with Crippen molar-refractivity contribution < 1.29 is 19.5 Å². The van der Waals surface area contributed by atoms with Gasteiger partial charge in [0, 0.05) is 26.1 Å². The molecular weight excluding hydrogens is 564 g/mol. The number of hydrogen-bond acceptors (Lipinski definition) is 7. The lowest BCUT2D eigenvalue weighted by Gasteiger charge is -2.46. The van der Waals surface area contributed by atoms with E-state index in [-0.39, 0.29) is 36.7 Å². The van der Waals surface area contributed by atoms with Crippen LogP contribution in [0.2, 0.25) is 0 Å². The third kappa shape index (κ3) is 5.91. The van der Waals surface area contributed by atoms with Gasteiger partial charge in [-0.15, -0.1) is 11.3 Å². The van der Waals surface area contributed by atoms with E-state index in [0.717, 1.165) is 26.9 Å². The molecule has 10 nitrogen and oxygen atoms in total. The van der Waals surface area contributed by atoms with Crippen LogP contribution in [0.3, 0.4) is 0 Å². The number of rotatable bonds is 9. The Bertz CT molecular complexity index is 1610. The van der Waals surface area contributed by atoms with E-state index in [4.69, 9.17) is 0 Å². The highest BCUT2D eigenvalue weighted by Crippen LogP contribution is 2.31. The summed E-state index contributed by atoms with van der Waals surface area (Å²) in [6, 6.07) is 21.3. The zero-order valence-corrected chi connectivity index (χ0v) is 24.7. The maximum atomic E-state index is 14.1. The number of phenols is 1. The van der Waals surface area contributed by atoms with Crippen molar-refractivity contribution in [2.24, 2.45) is 0 Å². The maximum absolute atomic E-state index is 14.1. The van der Waals surface area contributed by atoms with Gasteiger partial charge in [-0.2, -0.15) is 5.01 Å². The molecule has 4 amide bonds. The fourth-order valence-electron chi connectivity index (χ4n) is 5.95. The second-order valence-electron chi connectivity index (χ2n) is 10.9. The molecule has 2 N–H and O–H groups in total. The molecule has 0 radical (unpaired) electrons. The van der Waals surface area contributed by atoms with Crippen molar-refractivity contribution in [2.45, 2.75) is 45.1 Å². The van der Waals surface area contributed by atoms with Crippen LogP contribution in [0.15, 0.2) is 78.3 Å². The van der Waals surface area contributed by atoms with Gasteiger partial charge in [-0.3, -0.25) is 14.6 Å². The number of piperazine rings is 1. The summed E-state index contributed by atoms with van der Waals surface area (Å²) >= 11 is 1.55. The first kappa shape index (κ1) is 28.6. The van der Waals surface area contributed by atoms with Gasteiger partial charge in [0.05, 0.1) is 28.8 Å². The van der Waals surface area contributed by atoms with E-state index >= 15 is 0 Å². The Balaban J connectivity index is 1.31. The second-order valence-corrected chi connectivity index (χ2v) is 11.8. The Labute approximate surface area is 254 Å². The standard InChI is InChI=1S/C32H34N6O4S/c1-2-15-36(32(42)33-17-23-7-4-3-5-8-23)37-20-29(40)38-26(16-22-11-13-25(39)14-12-22)31(41)35(19-28(37)38)18-24-9-6-10-27-30(24)34-21-43-27/h3-14,21,26,28,39H,2,15-20H2,1H3,(H,33,42)/t26-,28+/m0/s1. The Hall–Kier alpha value is -4.48. The predicted molar refractivity (Wildman–Crippen MR) is 164 cm³/mol. The molecule has 43 heavy (non-hydrogen) atoms. The minimum atomic E-state index is -0.758. The van der Waals surface area contributed by atoms with Crippen LogP contribution >= 0.6 is 11.3 Å². The number of phenolic OH excluding ortho intramolecular Hbond substituents is 1. The number of para-hydroxylation sites is 1. The lowest BCUT2D eigenvalue weighted by molar-refractivity contribution is -0.157. The number of aromatic nitrogens is 1. The number of thiazole rings is 1. The number of carbonyl (C=O) groups is 3. The predicted octanol–water partition coefficient (Wildman–Crippen LogP) is 3.96. The normalized spacial score (nSPS) is 18.7. The van der Waals surface area contributed by atoms with E-state index in [1.54, 1.807) is 55.9 Å². The first-order valence-electron chi connectivity index (χ1n) is 14.5. The number of aromatic hydroxyl groups is 1. The van der Waals surface area contributed by atoms with Crippen molar-refractivity contribution in [2.75, 3.05) is 19.6 Å². The van der Waals surface area contributed by atoms with Gasteiger partial charge >= 0.3 is 6.03 Å². The molecule has 0 spiro atoms. The fraction of sp³-hybridized carbons (Fsp3) is 0.312. The molecule has 222 valence electrons. The minimum Gasteiger partial charge on any atom is -0.508 e. The zero-order chi connectivity index (χ0) is 29.9. The molecule has 2 atom stereocenters. The minimum absolute atomic E-state index is 0.00170. The summed E-state index contributed by atoms with van der Waals surface area (Å²) in [6.07, 6.45) is 0.471. The SMILES string of the molecule is CCCN(C(=O)NCc1ccccc1)N1CC(=O)N2[C@@H](Cc3ccc(O)cc3)C(=O)N(Cc3cccc4scnc34)C[C@@H]21. The van der Waals surface area contributed by atoms with Gasteiger partial charge < -0.3 is 20.2 Å². The van der Waals surface area contributed by atoms with Crippen molar-refractivity contribution in [1.82, 2.24) is 30.1 Å². The van der Waals surface area contributed by atoms with Crippen molar-refractivity contribution in [3.05, 3.63) is 95.0 Å². The molecule has 6 rings (SSSR count). The van der Waals surface area contributed by atoms with Crippen molar-refractivity contribution in [3.8, 4) is 5.75 Å². The molecule has 0 saturated carbocycles. The molecule has 2 fully saturated rings. The van der Waals surface area contributed by atoms with Gasteiger partial charge in [0.25, 0.3) is 0 Å². The van der Waals surface area contributed by atoms with E-state index in [1.165, 1.54) is 0 Å². The van der Waals surface area contributed by atoms with Gasteiger partial charge in [-0.1, -0.05) is 61.5 Å².